The molecule has 3 heterocycles. The van der Waals surface area contributed by atoms with E-state index in [0.29, 0.717) is 42.6 Å². The molecule has 0 radical (unpaired) electrons. The quantitative estimate of drug-likeness (QED) is 0.483. The van der Waals surface area contributed by atoms with Crippen LogP contribution < -0.4 is 14.4 Å². The zero-order valence-corrected chi connectivity index (χ0v) is 24.2. The fourth-order valence-corrected chi connectivity index (χ4v) is 7.01. The maximum Gasteiger partial charge on any atom is 0.409 e. The van der Waals surface area contributed by atoms with Crippen molar-refractivity contribution in [3.8, 4) is 5.75 Å². The Morgan fingerprint density at radius 2 is 1.95 bits per heavy atom. The van der Waals surface area contributed by atoms with Gasteiger partial charge >= 0.3 is 6.09 Å². The van der Waals surface area contributed by atoms with Gasteiger partial charge in [-0.2, -0.15) is 0 Å². The minimum Gasteiger partial charge on any atom is -0.488 e. The Balaban J connectivity index is 1.40. The summed E-state index contributed by atoms with van der Waals surface area (Å²) in [5.74, 6) is -0.313. The third-order valence-electron chi connectivity index (χ3n) is 8.22. The van der Waals surface area contributed by atoms with E-state index in [1.54, 1.807) is 13.1 Å². The van der Waals surface area contributed by atoms with Crippen molar-refractivity contribution >= 4 is 39.3 Å². The molecule has 2 aromatic rings. The van der Waals surface area contributed by atoms with E-state index < -0.39 is 34.2 Å². The molecule has 2 bridgehead atoms. The van der Waals surface area contributed by atoms with Gasteiger partial charge in [-0.15, -0.1) is 0 Å². The summed E-state index contributed by atoms with van der Waals surface area (Å²) in [5.41, 5.74) is 1.77. The van der Waals surface area contributed by atoms with Crippen LogP contribution in [0.5, 0.6) is 5.75 Å². The molecular weight excluding hydrogens is 574 g/mol. The first-order chi connectivity index (χ1) is 19.6. The predicted octanol–water partition coefficient (Wildman–Crippen LogP) is 2.69. The number of rotatable bonds is 0. The number of benzene rings is 2. The minimum absolute atomic E-state index is 0.00975. The molecule has 2 amide bonds. The first-order valence-electron chi connectivity index (χ1n) is 13.6. The molecule has 6 rings (SSSR count). The van der Waals surface area contributed by atoms with E-state index in [1.807, 2.05) is 18.2 Å². The molecule has 3 atom stereocenters. The number of amides is 2. The number of carbonyl (C=O) groups is 2. The Morgan fingerprint density at radius 3 is 2.76 bits per heavy atom. The SMILES string of the molecule is CN1CCOCC(=O)NS(=O)(=O)c2ccc3c(c2)N(C[C@@H]2CC[C@H]2OC1=O)C[C@]1(CO3)OCCc2cc(Cl)ccc21. The molecule has 1 aliphatic carbocycles. The van der Waals surface area contributed by atoms with Crippen LogP contribution in [0.4, 0.5) is 10.5 Å². The fourth-order valence-electron chi connectivity index (χ4n) is 5.83. The summed E-state index contributed by atoms with van der Waals surface area (Å²) in [6.45, 7) is 1.29. The van der Waals surface area contributed by atoms with Crippen LogP contribution in [0.15, 0.2) is 41.3 Å². The molecule has 0 aromatic heterocycles. The topological polar surface area (TPSA) is 124 Å². The lowest BCUT2D eigenvalue weighted by Gasteiger charge is -2.44. The van der Waals surface area contributed by atoms with Gasteiger partial charge in [-0.05, 0) is 60.7 Å². The van der Waals surface area contributed by atoms with Crippen molar-refractivity contribution in [1.82, 2.24) is 9.62 Å². The van der Waals surface area contributed by atoms with E-state index in [2.05, 4.69) is 9.62 Å². The molecular formula is C28H32ClN3O8S. The normalized spacial score (nSPS) is 28.1. The van der Waals surface area contributed by atoms with Crippen LogP contribution >= 0.6 is 11.6 Å². The predicted molar refractivity (Wildman–Crippen MR) is 149 cm³/mol. The van der Waals surface area contributed by atoms with Crippen LogP contribution in [0, 0.1) is 5.92 Å². The standard InChI is InChI=1S/C28H32ClN3O8S/c1-31-9-11-37-15-26(33)30-41(35,36)21-4-7-25-23(13-21)32(14-19-2-6-24(19)40-27(31)34)16-28(17-38-25)22-5-3-20(29)12-18(22)8-10-39-28/h3-5,7,12-13,19,24H,2,6,8-11,14-17H2,1H3,(H,30,33)/t19-,24+,28+/m0/s1. The molecule has 1 fully saturated rings. The largest absolute Gasteiger partial charge is 0.488 e. The van der Waals surface area contributed by atoms with Crippen molar-refractivity contribution in [2.45, 2.75) is 35.9 Å². The highest BCUT2D eigenvalue weighted by atomic mass is 35.5. The number of sulfonamides is 1. The van der Waals surface area contributed by atoms with E-state index in [1.165, 1.54) is 17.0 Å². The molecule has 220 valence electrons. The third-order valence-corrected chi connectivity index (χ3v) is 9.82. The second-order valence-electron chi connectivity index (χ2n) is 11.0. The molecule has 1 saturated carbocycles. The first-order valence-corrected chi connectivity index (χ1v) is 15.5. The van der Waals surface area contributed by atoms with Gasteiger partial charge in [-0.1, -0.05) is 17.7 Å². The maximum absolute atomic E-state index is 13.2. The number of hydrogen-bond donors (Lipinski definition) is 1. The lowest BCUT2D eigenvalue weighted by Crippen LogP contribution is -2.52. The molecule has 1 spiro atoms. The van der Waals surface area contributed by atoms with Crippen molar-refractivity contribution in [1.29, 1.82) is 0 Å². The Hall–Kier alpha value is -3.06. The second-order valence-corrected chi connectivity index (χ2v) is 13.1. The molecule has 11 nitrogen and oxygen atoms in total. The second kappa shape index (κ2) is 11.0. The zero-order chi connectivity index (χ0) is 28.8. The van der Waals surface area contributed by atoms with Gasteiger partial charge in [0.05, 0.1) is 30.3 Å². The number of nitrogens with one attached hydrogen (secondary N) is 1. The fraction of sp³-hybridized carbons (Fsp3) is 0.500. The van der Waals surface area contributed by atoms with Gasteiger partial charge in [0.2, 0.25) is 0 Å². The number of likely N-dealkylation sites (N-methyl/N-ethyl adjacent to an activating group) is 1. The number of carbonyl (C=O) groups excluding carboxylic acids is 2. The number of anilines is 1. The van der Waals surface area contributed by atoms with Crippen molar-refractivity contribution in [3.63, 3.8) is 0 Å². The monoisotopic (exact) mass is 605 g/mol. The summed E-state index contributed by atoms with van der Waals surface area (Å²) >= 11 is 6.31. The molecule has 41 heavy (non-hydrogen) atoms. The van der Waals surface area contributed by atoms with Crippen LogP contribution in [-0.2, 0) is 41.1 Å². The van der Waals surface area contributed by atoms with Gasteiger partial charge in [-0.25, -0.2) is 17.9 Å². The van der Waals surface area contributed by atoms with Gasteiger partial charge < -0.3 is 28.7 Å². The van der Waals surface area contributed by atoms with E-state index in [4.69, 9.17) is 30.5 Å². The van der Waals surface area contributed by atoms with Gasteiger partial charge in [0.15, 0.2) is 0 Å². The van der Waals surface area contributed by atoms with Gasteiger partial charge in [-0.3, -0.25) is 4.79 Å². The number of fused-ring (bicyclic) bond motifs is 4. The lowest BCUT2D eigenvalue weighted by molar-refractivity contribution is -0.123. The minimum atomic E-state index is -4.19. The number of halogens is 1. The van der Waals surface area contributed by atoms with Crippen LogP contribution in [-0.4, -0.2) is 84.5 Å². The van der Waals surface area contributed by atoms with Crippen molar-refractivity contribution in [2.24, 2.45) is 5.92 Å². The maximum atomic E-state index is 13.2. The van der Waals surface area contributed by atoms with Gasteiger partial charge in [0, 0.05) is 31.1 Å². The van der Waals surface area contributed by atoms with Crippen LogP contribution in [0.3, 0.4) is 0 Å². The van der Waals surface area contributed by atoms with E-state index >= 15 is 0 Å². The molecule has 13 heteroatoms. The van der Waals surface area contributed by atoms with E-state index in [0.717, 1.165) is 24.0 Å². The molecule has 3 aliphatic heterocycles. The van der Waals surface area contributed by atoms with Crippen LogP contribution in [0.1, 0.15) is 24.0 Å². The van der Waals surface area contributed by atoms with Crippen LogP contribution in [0.25, 0.3) is 0 Å². The highest BCUT2D eigenvalue weighted by Crippen LogP contribution is 2.44. The average Bonchev–Trinajstić information content (AvgIpc) is 3.08. The molecule has 0 unspecified atom stereocenters. The molecule has 4 aliphatic rings. The molecule has 1 N–H and O–H groups in total. The van der Waals surface area contributed by atoms with Crippen molar-refractivity contribution in [2.75, 3.05) is 58.0 Å². The Kier molecular flexibility index (Phi) is 7.52. The van der Waals surface area contributed by atoms with Gasteiger partial charge in [0.25, 0.3) is 15.9 Å². The third kappa shape index (κ3) is 5.57. The summed E-state index contributed by atoms with van der Waals surface area (Å²) in [6.07, 6.45) is 1.52. The average molecular weight is 606 g/mol. The van der Waals surface area contributed by atoms with Crippen molar-refractivity contribution < 1.29 is 37.0 Å². The Labute approximate surface area is 243 Å². The Morgan fingerprint density at radius 1 is 1.10 bits per heavy atom. The smallest absolute Gasteiger partial charge is 0.409 e. The van der Waals surface area contributed by atoms with E-state index in [9.17, 15) is 18.0 Å². The summed E-state index contributed by atoms with van der Waals surface area (Å²) < 4.78 is 52.4. The molecule has 2 aromatic carbocycles. The summed E-state index contributed by atoms with van der Waals surface area (Å²) in [7, 11) is -2.60. The van der Waals surface area contributed by atoms with Crippen molar-refractivity contribution in [3.05, 3.63) is 52.5 Å². The van der Waals surface area contributed by atoms with Gasteiger partial charge in [0.1, 0.15) is 30.7 Å². The number of nitrogens with zero attached hydrogens (tertiary/aromatic N) is 2. The first kappa shape index (κ1) is 28.1. The van der Waals surface area contributed by atoms with E-state index in [-0.39, 0.29) is 36.7 Å². The summed E-state index contributed by atoms with van der Waals surface area (Å²) in [6, 6.07) is 10.3. The summed E-state index contributed by atoms with van der Waals surface area (Å²) in [5, 5.41) is 0.644. The molecule has 0 saturated heterocycles. The highest BCUT2D eigenvalue weighted by Gasteiger charge is 2.45. The summed E-state index contributed by atoms with van der Waals surface area (Å²) in [4.78, 5) is 28.5. The number of ether oxygens (including phenoxy) is 4. The van der Waals surface area contributed by atoms with Crippen LogP contribution in [0.2, 0.25) is 5.02 Å². The zero-order valence-electron chi connectivity index (χ0n) is 22.6. The number of hydrogen-bond acceptors (Lipinski definition) is 9. The highest BCUT2D eigenvalue weighted by molar-refractivity contribution is 7.90. The lowest BCUT2D eigenvalue weighted by atomic mass is 9.80. The Bertz CT molecular complexity index is 1470.